The number of amides is 4. The number of carbonyl (C=O) groups excluding carboxylic acids is 4. The number of hydrazine groups is 1. The van der Waals surface area contributed by atoms with E-state index in [0.29, 0.717) is 21.0 Å². The Hall–Kier alpha value is -3.19. The van der Waals surface area contributed by atoms with Crippen LogP contribution in [-0.2, 0) is 19.2 Å². The van der Waals surface area contributed by atoms with Crippen molar-refractivity contribution in [1.82, 2.24) is 15.3 Å². The molecule has 3 aliphatic heterocycles. The Labute approximate surface area is 217 Å². The van der Waals surface area contributed by atoms with Crippen molar-refractivity contribution in [3.8, 4) is 0 Å². The monoisotopic (exact) mass is 540 g/mol. The largest absolute Gasteiger partial charge is 0.321 e. The summed E-state index contributed by atoms with van der Waals surface area (Å²) in [5, 5.41) is 3.78. The summed E-state index contributed by atoms with van der Waals surface area (Å²) < 4.78 is 0.400. The molecule has 1 atom stereocenters. The predicted molar refractivity (Wildman–Crippen MR) is 146 cm³/mol. The molecule has 12 heteroatoms. The van der Waals surface area contributed by atoms with Gasteiger partial charge in [0.05, 0.1) is 15.5 Å². The number of nitrogens with one attached hydrogen (secondary N) is 2. The minimum atomic E-state index is -0.983. The molecule has 2 aromatic carbocycles. The van der Waals surface area contributed by atoms with Crippen LogP contribution >= 0.6 is 46.7 Å². The molecule has 4 amide bonds. The number of carbonyl (C=O) groups is 4. The summed E-state index contributed by atoms with van der Waals surface area (Å²) in [5.74, 6) is -1.75. The van der Waals surface area contributed by atoms with Crippen molar-refractivity contribution < 1.29 is 19.2 Å². The first-order valence-corrected chi connectivity index (χ1v) is 13.3. The second kappa shape index (κ2) is 9.46. The molecule has 176 valence electrons. The fourth-order valence-electron chi connectivity index (χ4n) is 3.71. The molecule has 2 N–H and O–H groups in total. The highest BCUT2D eigenvalue weighted by molar-refractivity contribution is 8.36. The zero-order valence-corrected chi connectivity index (χ0v) is 21.1. The molecule has 2 saturated heterocycles. The number of nitrogens with zero attached hydrogens (tertiary/aromatic N) is 2. The first kappa shape index (κ1) is 23.5. The Balaban J connectivity index is 1.30. The van der Waals surface area contributed by atoms with E-state index in [1.807, 2.05) is 30.3 Å². The summed E-state index contributed by atoms with van der Waals surface area (Å²) in [6.45, 7) is -0.364. The topological polar surface area (TPSA) is 98.8 Å². The third-order valence-corrected chi connectivity index (χ3v) is 9.49. The van der Waals surface area contributed by atoms with E-state index >= 15 is 0 Å². The highest BCUT2D eigenvalue weighted by Crippen LogP contribution is 2.35. The number of anilines is 1. The number of thioether (sulfide) groups is 1. The van der Waals surface area contributed by atoms with Gasteiger partial charge in [-0.1, -0.05) is 84.7 Å². The third-order valence-electron chi connectivity index (χ3n) is 5.29. The molecule has 0 aliphatic carbocycles. The number of fused-ring (bicyclic) bond motifs is 1. The first-order valence-electron chi connectivity index (χ1n) is 10.3. The van der Waals surface area contributed by atoms with Crippen molar-refractivity contribution in [2.45, 2.75) is 0 Å². The fourth-order valence-corrected chi connectivity index (χ4v) is 7.44. The number of para-hydroxylation sites is 1. The Morgan fingerprint density at radius 1 is 1.09 bits per heavy atom. The molecule has 2 aromatic rings. The molecule has 3 aliphatic rings. The van der Waals surface area contributed by atoms with Crippen LogP contribution in [-0.4, -0.2) is 59.3 Å². The van der Waals surface area contributed by atoms with Gasteiger partial charge in [-0.2, -0.15) is 0 Å². The summed E-state index contributed by atoms with van der Waals surface area (Å²) in [6.07, 6.45) is 1.71. The Morgan fingerprint density at radius 2 is 1.80 bits per heavy atom. The molecule has 0 aromatic heterocycles. The highest BCUT2D eigenvalue weighted by atomic mass is 32.2. The molecule has 3 heterocycles. The van der Waals surface area contributed by atoms with Gasteiger partial charge >= 0.3 is 0 Å². The summed E-state index contributed by atoms with van der Waals surface area (Å²) in [4.78, 5) is 52.9. The van der Waals surface area contributed by atoms with Gasteiger partial charge in [0.15, 0.2) is 4.32 Å². The third kappa shape index (κ3) is 4.45. The molecule has 35 heavy (non-hydrogen) atoms. The Kier molecular flexibility index (Phi) is 6.36. The number of thiocarbonyl (C=S) groups is 2. The van der Waals surface area contributed by atoms with Gasteiger partial charge in [0, 0.05) is 11.3 Å². The van der Waals surface area contributed by atoms with Crippen LogP contribution in [0.5, 0.6) is 0 Å². The average Bonchev–Trinajstić information content (AvgIpc) is 3.41. The second-order valence-corrected chi connectivity index (χ2v) is 11.8. The van der Waals surface area contributed by atoms with Crippen LogP contribution in [0.25, 0.3) is 6.08 Å². The molecule has 5 rings (SSSR count). The Morgan fingerprint density at radius 3 is 2.57 bits per heavy atom. The standard InChI is InChI=1S/C23H16N4O4S4/c28-17(11-26-21(31)16(34-22(26)32)10-13-6-2-1-3-7-13)25-27-18(29)12-35(23(27)33)19-14-8-4-5-9-15(14)24-20(19)30/h1-10H,11-12H2,(H,24,30)(H,25,28). The maximum Gasteiger partial charge on any atom is 0.266 e. The highest BCUT2D eigenvalue weighted by Gasteiger charge is 2.39. The Bertz CT molecular complexity index is 1400. The number of benzene rings is 2. The number of hydrogen-bond acceptors (Lipinski definition) is 7. The quantitative estimate of drug-likeness (QED) is 0.454. The van der Waals surface area contributed by atoms with Crippen LogP contribution in [0.3, 0.4) is 0 Å². The van der Waals surface area contributed by atoms with Crippen LogP contribution in [0, 0.1) is 0 Å². The van der Waals surface area contributed by atoms with E-state index in [2.05, 4.69) is 10.7 Å². The van der Waals surface area contributed by atoms with E-state index in [9.17, 15) is 19.2 Å². The summed E-state index contributed by atoms with van der Waals surface area (Å²) in [6, 6.07) is 16.5. The van der Waals surface area contributed by atoms with Crippen molar-refractivity contribution in [2.24, 2.45) is 0 Å². The second-order valence-electron chi connectivity index (χ2n) is 7.57. The lowest BCUT2D eigenvalue weighted by atomic mass is 10.2. The molecule has 0 bridgehead atoms. The summed E-state index contributed by atoms with van der Waals surface area (Å²) >= 11 is 11.9. The molecule has 2 fully saturated rings. The van der Waals surface area contributed by atoms with E-state index in [1.165, 1.54) is 4.90 Å². The van der Waals surface area contributed by atoms with Crippen LogP contribution < -0.4 is 10.7 Å². The average molecular weight is 541 g/mol. The zero-order chi connectivity index (χ0) is 24.7. The normalized spacial score (nSPS) is 21.7. The van der Waals surface area contributed by atoms with Gasteiger partial charge in [-0.15, -0.1) is 10.5 Å². The number of rotatable bonds is 4. The first-order chi connectivity index (χ1) is 16.8. The molecule has 0 saturated carbocycles. The van der Waals surface area contributed by atoms with Gasteiger partial charge in [0.25, 0.3) is 23.6 Å². The van der Waals surface area contributed by atoms with E-state index in [-0.39, 0.29) is 32.8 Å². The fraction of sp³-hybridized carbons (Fsp3) is 0.0870. The smallest absolute Gasteiger partial charge is 0.266 e. The maximum atomic E-state index is 12.8. The van der Waals surface area contributed by atoms with Gasteiger partial charge in [-0.05, 0) is 17.7 Å². The summed E-state index contributed by atoms with van der Waals surface area (Å²) in [7, 11) is -0.983. The summed E-state index contributed by atoms with van der Waals surface area (Å²) in [5.41, 5.74) is 4.69. The van der Waals surface area contributed by atoms with Crippen molar-refractivity contribution >= 4 is 95.6 Å². The van der Waals surface area contributed by atoms with Gasteiger partial charge in [0.1, 0.15) is 10.9 Å². The van der Waals surface area contributed by atoms with Crippen LogP contribution in [0.4, 0.5) is 5.69 Å². The van der Waals surface area contributed by atoms with E-state index < -0.39 is 22.3 Å². The van der Waals surface area contributed by atoms with Crippen molar-refractivity contribution in [3.05, 3.63) is 70.6 Å². The van der Waals surface area contributed by atoms with E-state index in [1.54, 1.807) is 30.3 Å². The van der Waals surface area contributed by atoms with Crippen LogP contribution in [0.15, 0.2) is 59.5 Å². The lowest BCUT2D eigenvalue weighted by molar-refractivity contribution is -0.135. The van der Waals surface area contributed by atoms with Gasteiger partial charge < -0.3 is 5.32 Å². The molecule has 0 radical (unpaired) electrons. The lowest BCUT2D eigenvalue weighted by Gasteiger charge is -2.19. The minimum Gasteiger partial charge on any atom is -0.321 e. The van der Waals surface area contributed by atoms with Crippen molar-refractivity contribution in [2.75, 3.05) is 17.6 Å². The molecular formula is C23H16N4O4S4. The van der Waals surface area contributed by atoms with Crippen molar-refractivity contribution in [3.63, 3.8) is 0 Å². The number of hydrogen-bond donors (Lipinski definition) is 2. The zero-order valence-electron chi connectivity index (χ0n) is 17.8. The lowest BCUT2D eigenvalue weighted by Crippen LogP contribution is -2.49. The van der Waals surface area contributed by atoms with Gasteiger partial charge in [0.2, 0.25) is 0 Å². The van der Waals surface area contributed by atoms with Crippen molar-refractivity contribution in [1.29, 1.82) is 0 Å². The SMILES string of the molecule is O=C(CN1C(=O)C(=Cc2ccccc2)SC1=S)NN1C(=O)CS(=C2C(=O)Nc3ccccc32)C1=S. The maximum absolute atomic E-state index is 12.8. The minimum absolute atomic E-state index is 0.0168. The predicted octanol–water partition coefficient (Wildman–Crippen LogP) is 2.49. The van der Waals surface area contributed by atoms with Crippen LogP contribution in [0.1, 0.15) is 11.1 Å². The van der Waals surface area contributed by atoms with Gasteiger partial charge in [-0.3, -0.25) is 29.5 Å². The van der Waals surface area contributed by atoms with E-state index in [4.69, 9.17) is 24.4 Å². The van der Waals surface area contributed by atoms with E-state index in [0.717, 1.165) is 22.3 Å². The van der Waals surface area contributed by atoms with Crippen LogP contribution in [0.2, 0.25) is 0 Å². The molecule has 8 nitrogen and oxygen atoms in total. The molecule has 1 unspecified atom stereocenters. The molecule has 0 spiro atoms. The molecular weight excluding hydrogens is 525 g/mol. The van der Waals surface area contributed by atoms with Gasteiger partial charge in [-0.25, -0.2) is 5.01 Å².